The number of nitrogens with zero attached hydrogens (tertiary/aromatic N) is 2. The van der Waals surface area contributed by atoms with Crippen molar-refractivity contribution in [3.05, 3.63) is 52.3 Å². The van der Waals surface area contributed by atoms with Crippen LogP contribution >= 0.6 is 11.3 Å². The van der Waals surface area contributed by atoms with Crippen molar-refractivity contribution in [2.45, 2.75) is 20.4 Å². The third-order valence-electron chi connectivity index (χ3n) is 3.86. The van der Waals surface area contributed by atoms with E-state index in [1.54, 1.807) is 12.1 Å². The number of hydrogen-bond acceptors (Lipinski definition) is 4. The minimum atomic E-state index is -0.273. The first kappa shape index (κ1) is 18.1. The normalized spacial score (nSPS) is 10.9. The van der Waals surface area contributed by atoms with E-state index in [1.807, 2.05) is 17.7 Å². The molecule has 3 rings (SSSR count). The number of thiophene rings is 1. The number of rotatable bonds is 6. The lowest BCUT2D eigenvalue weighted by molar-refractivity contribution is -0.118. The maximum Gasteiger partial charge on any atom is 0.261 e. The smallest absolute Gasteiger partial charge is 0.261 e. The van der Waals surface area contributed by atoms with Gasteiger partial charge in [-0.1, -0.05) is 12.1 Å². The van der Waals surface area contributed by atoms with Crippen molar-refractivity contribution in [2.24, 2.45) is 0 Å². The van der Waals surface area contributed by atoms with Crippen LogP contribution in [0.4, 0.5) is 4.39 Å². The number of benzene rings is 1. The van der Waals surface area contributed by atoms with Gasteiger partial charge in [-0.15, -0.1) is 11.3 Å². The topological polar surface area (TPSA) is 76.0 Å². The van der Waals surface area contributed by atoms with Crippen molar-refractivity contribution in [1.29, 1.82) is 0 Å². The lowest BCUT2D eigenvalue weighted by Crippen LogP contribution is -2.33. The average molecular weight is 374 g/mol. The molecule has 0 aliphatic heterocycles. The molecule has 0 saturated heterocycles. The maximum absolute atomic E-state index is 13.1. The molecular formula is C18H19FN4O2S. The molecule has 0 spiro atoms. The fourth-order valence-electron chi connectivity index (χ4n) is 2.60. The molecule has 2 heterocycles. The molecule has 2 amide bonds. The molecule has 0 radical (unpaired) electrons. The van der Waals surface area contributed by atoms with E-state index in [1.165, 1.54) is 30.4 Å². The Morgan fingerprint density at radius 3 is 2.58 bits per heavy atom. The summed E-state index contributed by atoms with van der Waals surface area (Å²) < 4.78 is 14.9. The minimum absolute atomic E-state index is 0.127. The summed E-state index contributed by atoms with van der Waals surface area (Å²) in [5.41, 5.74) is 1.78. The van der Waals surface area contributed by atoms with Crippen molar-refractivity contribution in [2.75, 3.05) is 13.1 Å². The Morgan fingerprint density at radius 2 is 1.88 bits per heavy atom. The molecule has 1 aromatic carbocycles. The summed E-state index contributed by atoms with van der Waals surface area (Å²) in [6.45, 7) is 4.60. The maximum atomic E-state index is 13.1. The highest BCUT2D eigenvalue weighted by Gasteiger charge is 2.16. The predicted molar refractivity (Wildman–Crippen MR) is 98.9 cm³/mol. The number of aromatic nitrogens is 2. The van der Waals surface area contributed by atoms with Crippen molar-refractivity contribution in [3.63, 3.8) is 0 Å². The van der Waals surface area contributed by atoms with Gasteiger partial charge in [0.2, 0.25) is 5.91 Å². The molecule has 2 aromatic heterocycles. The summed E-state index contributed by atoms with van der Waals surface area (Å²) in [5, 5.41) is 10.9. The second-order valence-corrected chi connectivity index (χ2v) is 6.97. The monoisotopic (exact) mass is 374 g/mol. The van der Waals surface area contributed by atoms with Crippen LogP contribution in [0.25, 0.3) is 10.2 Å². The van der Waals surface area contributed by atoms with Crippen LogP contribution in [0.1, 0.15) is 27.9 Å². The van der Waals surface area contributed by atoms with Crippen molar-refractivity contribution in [3.8, 4) is 0 Å². The van der Waals surface area contributed by atoms with Gasteiger partial charge in [0.15, 0.2) is 0 Å². The molecule has 0 atom stereocenters. The highest BCUT2D eigenvalue weighted by atomic mass is 32.1. The van der Waals surface area contributed by atoms with E-state index < -0.39 is 0 Å². The van der Waals surface area contributed by atoms with Crippen LogP contribution in [-0.2, 0) is 11.3 Å². The second-order valence-electron chi connectivity index (χ2n) is 5.94. The van der Waals surface area contributed by atoms with Crippen LogP contribution in [-0.4, -0.2) is 34.7 Å². The van der Waals surface area contributed by atoms with Crippen molar-refractivity contribution in [1.82, 2.24) is 20.4 Å². The van der Waals surface area contributed by atoms with E-state index in [0.29, 0.717) is 24.5 Å². The largest absolute Gasteiger partial charge is 0.355 e. The summed E-state index contributed by atoms with van der Waals surface area (Å²) in [7, 11) is 0. The van der Waals surface area contributed by atoms with Crippen LogP contribution < -0.4 is 10.6 Å². The molecule has 0 saturated carbocycles. The first-order valence-electron chi connectivity index (χ1n) is 8.18. The van der Waals surface area contributed by atoms with E-state index in [4.69, 9.17) is 0 Å². The number of carbonyl (C=O) groups excluding carboxylic acids is 2. The van der Waals surface area contributed by atoms with Crippen LogP contribution in [0.5, 0.6) is 0 Å². The molecule has 136 valence electrons. The van der Waals surface area contributed by atoms with Gasteiger partial charge in [0.25, 0.3) is 5.91 Å². The van der Waals surface area contributed by atoms with Gasteiger partial charge in [-0.25, -0.2) is 4.39 Å². The Bertz CT molecular complexity index is 946. The highest BCUT2D eigenvalue weighted by Crippen LogP contribution is 2.28. The van der Waals surface area contributed by atoms with Crippen LogP contribution in [0.2, 0.25) is 0 Å². The fraction of sp³-hybridized carbons (Fsp3) is 0.278. The van der Waals surface area contributed by atoms with E-state index >= 15 is 0 Å². The number of amides is 2. The van der Waals surface area contributed by atoms with Gasteiger partial charge in [0.1, 0.15) is 10.6 Å². The summed E-state index contributed by atoms with van der Waals surface area (Å²) in [4.78, 5) is 24.6. The standard InChI is InChI=1S/C18H19FN4O2S/c1-11-15-9-16(17(25)21-8-7-20-12(2)24)26-18(15)23(22-11)10-13-3-5-14(19)6-4-13/h3-6,9H,7-8,10H2,1-2H3,(H,20,24)(H,21,25). The molecule has 8 heteroatoms. The Hall–Kier alpha value is -2.74. The zero-order valence-electron chi connectivity index (χ0n) is 14.5. The molecule has 26 heavy (non-hydrogen) atoms. The highest BCUT2D eigenvalue weighted by molar-refractivity contribution is 7.20. The summed E-state index contributed by atoms with van der Waals surface area (Å²) in [6.07, 6.45) is 0. The van der Waals surface area contributed by atoms with Gasteiger partial charge in [-0.3, -0.25) is 14.3 Å². The Morgan fingerprint density at radius 1 is 1.19 bits per heavy atom. The third kappa shape index (κ3) is 4.08. The molecule has 0 aliphatic carbocycles. The van der Waals surface area contributed by atoms with Crippen molar-refractivity contribution < 1.29 is 14.0 Å². The second kappa shape index (κ2) is 7.65. The zero-order valence-corrected chi connectivity index (χ0v) is 15.3. The molecular weight excluding hydrogens is 355 g/mol. The van der Waals surface area contributed by atoms with E-state index in [2.05, 4.69) is 15.7 Å². The van der Waals surface area contributed by atoms with Gasteiger partial charge < -0.3 is 10.6 Å². The summed E-state index contributed by atoms with van der Waals surface area (Å²) in [6, 6.07) is 8.12. The Balaban J connectivity index is 1.75. The van der Waals surface area contributed by atoms with Gasteiger partial charge in [-0.05, 0) is 30.7 Å². The van der Waals surface area contributed by atoms with E-state index in [-0.39, 0.29) is 17.6 Å². The van der Waals surface area contributed by atoms with Crippen LogP contribution in [0.3, 0.4) is 0 Å². The molecule has 0 bridgehead atoms. The predicted octanol–water partition coefficient (Wildman–Crippen LogP) is 2.46. The molecule has 0 fully saturated rings. The number of carbonyl (C=O) groups is 2. The lowest BCUT2D eigenvalue weighted by Gasteiger charge is -2.04. The SMILES string of the molecule is CC(=O)NCCNC(=O)c1cc2c(C)nn(Cc3ccc(F)cc3)c2s1. The third-order valence-corrected chi connectivity index (χ3v) is 5.01. The first-order valence-corrected chi connectivity index (χ1v) is 8.99. The van der Waals surface area contributed by atoms with Crippen molar-refractivity contribution >= 4 is 33.4 Å². The molecule has 2 N–H and O–H groups in total. The van der Waals surface area contributed by atoms with Gasteiger partial charge in [0.05, 0.1) is 17.1 Å². The first-order chi connectivity index (χ1) is 12.4. The summed E-state index contributed by atoms with van der Waals surface area (Å²) in [5.74, 6) is -0.577. The zero-order chi connectivity index (χ0) is 18.7. The summed E-state index contributed by atoms with van der Waals surface area (Å²) >= 11 is 1.37. The number of halogens is 1. The molecule has 0 aliphatic rings. The number of fused-ring (bicyclic) bond motifs is 1. The van der Waals surface area contributed by atoms with Gasteiger partial charge in [0, 0.05) is 25.4 Å². The number of aryl methyl sites for hydroxylation is 1. The van der Waals surface area contributed by atoms with Crippen LogP contribution in [0.15, 0.2) is 30.3 Å². The van der Waals surface area contributed by atoms with Gasteiger partial charge >= 0.3 is 0 Å². The Labute approximate surface area is 154 Å². The Kier molecular flexibility index (Phi) is 5.32. The lowest BCUT2D eigenvalue weighted by atomic mass is 10.2. The molecule has 6 nitrogen and oxygen atoms in total. The molecule has 3 aromatic rings. The fourth-order valence-corrected chi connectivity index (χ4v) is 3.67. The molecule has 0 unspecified atom stereocenters. The number of hydrogen-bond donors (Lipinski definition) is 2. The van der Waals surface area contributed by atoms with Gasteiger partial charge in [-0.2, -0.15) is 5.10 Å². The quantitative estimate of drug-likeness (QED) is 0.651. The van der Waals surface area contributed by atoms with E-state index in [0.717, 1.165) is 21.5 Å². The minimum Gasteiger partial charge on any atom is -0.355 e. The van der Waals surface area contributed by atoms with E-state index in [9.17, 15) is 14.0 Å². The van der Waals surface area contributed by atoms with Crippen LogP contribution in [0, 0.1) is 12.7 Å². The number of nitrogens with one attached hydrogen (secondary N) is 2. The average Bonchev–Trinajstić information content (AvgIpc) is 3.15.